The fourth-order valence-corrected chi connectivity index (χ4v) is 4.22. The van der Waals surface area contributed by atoms with Crippen molar-refractivity contribution in [3.05, 3.63) is 92.9 Å². The molecule has 0 saturated carbocycles. The Hall–Kier alpha value is -1.79. The minimum absolute atomic E-state index is 0.659. The summed E-state index contributed by atoms with van der Waals surface area (Å²) < 4.78 is 3.10. The molecule has 0 amide bonds. The molecule has 0 bridgehead atoms. The number of benzene rings is 3. The van der Waals surface area contributed by atoms with Crippen LogP contribution in [0.1, 0.15) is 5.56 Å². The highest BCUT2D eigenvalue weighted by molar-refractivity contribution is 9.10. The molecule has 28 heavy (non-hydrogen) atoms. The zero-order valence-electron chi connectivity index (χ0n) is 14.5. The zero-order chi connectivity index (χ0) is 19.5. The van der Waals surface area contributed by atoms with Crippen molar-refractivity contribution in [1.82, 2.24) is 14.8 Å². The van der Waals surface area contributed by atoms with E-state index in [0.717, 1.165) is 32.5 Å². The quantitative estimate of drug-likeness (QED) is 0.275. The van der Waals surface area contributed by atoms with Crippen LogP contribution in [-0.2, 0) is 5.75 Å². The maximum absolute atomic E-state index is 6.19. The second kappa shape index (κ2) is 8.70. The second-order valence-corrected chi connectivity index (χ2v) is 8.77. The van der Waals surface area contributed by atoms with E-state index in [2.05, 4.69) is 38.3 Å². The lowest BCUT2D eigenvalue weighted by atomic mass is 10.2. The van der Waals surface area contributed by atoms with Crippen molar-refractivity contribution in [2.75, 3.05) is 0 Å². The van der Waals surface area contributed by atoms with Gasteiger partial charge in [0.25, 0.3) is 0 Å². The predicted molar refractivity (Wildman–Crippen MR) is 121 cm³/mol. The summed E-state index contributed by atoms with van der Waals surface area (Å²) in [5, 5.41) is 11.0. The van der Waals surface area contributed by atoms with Crippen LogP contribution < -0.4 is 0 Å². The molecule has 4 rings (SSSR count). The molecule has 0 aliphatic rings. The van der Waals surface area contributed by atoms with E-state index < -0.39 is 0 Å². The number of hydrogen-bond donors (Lipinski definition) is 0. The lowest BCUT2D eigenvalue weighted by Crippen LogP contribution is -1.99. The second-order valence-electron chi connectivity index (χ2n) is 6.04. The van der Waals surface area contributed by atoms with Gasteiger partial charge in [-0.05, 0) is 54.1 Å². The van der Waals surface area contributed by atoms with E-state index in [4.69, 9.17) is 23.2 Å². The molecule has 0 N–H and O–H groups in total. The molecular weight excluding hydrogens is 477 g/mol. The van der Waals surface area contributed by atoms with Crippen LogP contribution >= 0.6 is 50.9 Å². The van der Waals surface area contributed by atoms with Crippen LogP contribution in [0.3, 0.4) is 0 Å². The highest BCUT2D eigenvalue weighted by atomic mass is 79.9. The van der Waals surface area contributed by atoms with Crippen LogP contribution in [-0.4, -0.2) is 14.8 Å². The molecule has 0 saturated heterocycles. The molecule has 0 spiro atoms. The Balaban J connectivity index is 1.73. The molecule has 4 aromatic rings. The van der Waals surface area contributed by atoms with Gasteiger partial charge in [-0.25, -0.2) is 0 Å². The fraction of sp³-hybridized carbons (Fsp3) is 0.0476. The van der Waals surface area contributed by atoms with Crippen molar-refractivity contribution < 1.29 is 0 Å². The van der Waals surface area contributed by atoms with Gasteiger partial charge in [0.15, 0.2) is 11.0 Å². The van der Waals surface area contributed by atoms with Crippen molar-refractivity contribution in [3.8, 4) is 17.1 Å². The first kappa shape index (κ1) is 19.5. The van der Waals surface area contributed by atoms with E-state index >= 15 is 0 Å². The van der Waals surface area contributed by atoms with Gasteiger partial charge in [-0.1, -0.05) is 75.2 Å². The molecule has 1 aromatic heterocycles. The van der Waals surface area contributed by atoms with Crippen LogP contribution in [0.25, 0.3) is 17.1 Å². The van der Waals surface area contributed by atoms with Gasteiger partial charge in [-0.2, -0.15) is 0 Å². The fourth-order valence-electron chi connectivity index (χ4n) is 2.73. The summed E-state index contributed by atoms with van der Waals surface area (Å²) in [5.74, 6) is 1.53. The van der Waals surface area contributed by atoms with E-state index in [1.54, 1.807) is 11.8 Å². The minimum atomic E-state index is 0.659. The minimum Gasteiger partial charge on any atom is -0.270 e. The molecule has 0 unspecified atom stereocenters. The smallest absolute Gasteiger partial charge is 0.196 e. The SMILES string of the molecule is Clc1ccc(-n2c(SCc3ccc(Br)cc3)nnc2-c2cccc(Cl)c2)cc1. The van der Waals surface area contributed by atoms with Gasteiger partial charge >= 0.3 is 0 Å². The van der Waals surface area contributed by atoms with E-state index in [1.807, 2.05) is 65.2 Å². The maximum atomic E-state index is 6.19. The van der Waals surface area contributed by atoms with E-state index in [-0.39, 0.29) is 0 Å². The molecule has 140 valence electrons. The monoisotopic (exact) mass is 489 g/mol. The van der Waals surface area contributed by atoms with Crippen molar-refractivity contribution in [2.45, 2.75) is 10.9 Å². The molecule has 3 nitrogen and oxygen atoms in total. The van der Waals surface area contributed by atoms with Gasteiger partial charge in [0, 0.05) is 31.5 Å². The summed E-state index contributed by atoms with van der Waals surface area (Å²) >= 11 is 17.4. The Kier molecular flexibility index (Phi) is 6.07. The molecule has 0 aliphatic carbocycles. The lowest BCUT2D eigenvalue weighted by molar-refractivity contribution is 0.886. The number of thioether (sulfide) groups is 1. The molecule has 0 atom stereocenters. The van der Waals surface area contributed by atoms with E-state index in [1.165, 1.54) is 5.56 Å². The summed E-state index contributed by atoms with van der Waals surface area (Å²) in [6, 6.07) is 23.5. The average molecular weight is 491 g/mol. The third-order valence-electron chi connectivity index (χ3n) is 4.08. The zero-order valence-corrected chi connectivity index (χ0v) is 18.4. The summed E-state index contributed by atoms with van der Waals surface area (Å²) in [4.78, 5) is 0. The topological polar surface area (TPSA) is 30.7 Å². The maximum Gasteiger partial charge on any atom is 0.196 e. The first-order chi connectivity index (χ1) is 13.6. The largest absolute Gasteiger partial charge is 0.270 e. The molecule has 0 aliphatic heterocycles. The molecule has 1 heterocycles. The Morgan fingerprint density at radius 1 is 0.857 bits per heavy atom. The highest BCUT2D eigenvalue weighted by Crippen LogP contribution is 2.31. The molecule has 7 heteroatoms. The highest BCUT2D eigenvalue weighted by Gasteiger charge is 2.16. The van der Waals surface area contributed by atoms with Crippen molar-refractivity contribution in [2.24, 2.45) is 0 Å². The number of nitrogens with zero attached hydrogens (tertiary/aromatic N) is 3. The Morgan fingerprint density at radius 3 is 2.32 bits per heavy atom. The lowest BCUT2D eigenvalue weighted by Gasteiger charge is -2.11. The van der Waals surface area contributed by atoms with Gasteiger partial charge in [0.2, 0.25) is 0 Å². The Morgan fingerprint density at radius 2 is 1.61 bits per heavy atom. The number of aromatic nitrogens is 3. The first-order valence-electron chi connectivity index (χ1n) is 8.45. The van der Waals surface area contributed by atoms with Crippen molar-refractivity contribution >= 4 is 50.9 Å². The first-order valence-corrected chi connectivity index (χ1v) is 11.0. The summed E-state index contributed by atoms with van der Waals surface area (Å²) in [6.45, 7) is 0. The Labute approximate surface area is 185 Å². The third-order valence-corrected chi connectivity index (χ3v) is 6.10. The number of hydrogen-bond acceptors (Lipinski definition) is 3. The molecule has 0 radical (unpaired) electrons. The van der Waals surface area contributed by atoms with Crippen LogP contribution in [0, 0.1) is 0 Å². The van der Waals surface area contributed by atoms with Crippen LogP contribution in [0.4, 0.5) is 0 Å². The van der Waals surface area contributed by atoms with Crippen LogP contribution in [0.15, 0.2) is 82.4 Å². The molecule has 3 aromatic carbocycles. The van der Waals surface area contributed by atoms with Gasteiger partial charge in [0.05, 0.1) is 0 Å². The number of halogens is 3. The van der Waals surface area contributed by atoms with Gasteiger partial charge < -0.3 is 0 Å². The molecular formula is C21H14BrCl2N3S. The van der Waals surface area contributed by atoms with Gasteiger partial charge in [-0.3, -0.25) is 4.57 Å². The van der Waals surface area contributed by atoms with Crippen LogP contribution in [0.5, 0.6) is 0 Å². The molecule has 0 fully saturated rings. The van der Waals surface area contributed by atoms with Gasteiger partial charge in [0.1, 0.15) is 0 Å². The van der Waals surface area contributed by atoms with Crippen molar-refractivity contribution in [3.63, 3.8) is 0 Å². The standard InChI is InChI=1S/C21H14BrCl2N3S/c22-16-6-4-14(5-7-16)13-28-21-26-25-20(15-2-1-3-18(24)12-15)27(21)19-10-8-17(23)9-11-19/h1-12H,13H2. The van der Waals surface area contributed by atoms with Crippen molar-refractivity contribution in [1.29, 1.82) is 0 Å². The third kappa shape index (κ3) is 4.44. The Bertz CT molecular complexity index is 1100. The van der Waals surface area contributed by atoms with Crippen LogP contribution in [0.2, 0.25) is 10.0 Å². The predicted octanol–water partition coefficient (Wildman–Crippen LogP) is 7.30. The number of rotatable bonds is 5. The average Bonchev–Trinajstić information content (AvgIpc) is 3.12. The normalized spacial score (nSPS) is 11.0. The summed E-state index contributed by atoms with van der Waals surface area (Å²) in [6.07, 6.45) is 0. The summed E-state index contributed by atoms with van der Waals surface area (Å²) in [7, 11) is 0. The summed E-state index contributed by atoms with van der Waals surface area (Å²) in [5.41, 5.74) is 3.07. The van der Waals surface area contributed by atoms with Gasteiger partial charge in [-0.15, -0.1) is 10.2 Å². The van der Waals surface area contributed by atoms with E-state index in [9.17, 15) is 0 Å². The van der Waals surface area contributed by atoms with E-state index in [0.29, 0.717) is 10.0 Å².